The van der Waals surface area contributed by atoms with E-state index < -0.39 is 0 Å². The molecule has 2 fully saturated rings. The molecular weight excluding hydrogens is 282 g/mol. The van der Waals surface area contributed by atoms with Crippen molar-refractivity contribution in [3.05, 3.63) is 40.4 Å². The molecule has 21 heavy (non-hydrogen) atoms. The quantitative estimate of drug-likeness (QED) is 0.863. The summed E-state index contributed by atoms with van der Waals surface area (Å²) in [6.07, 6.45) is 4.66. The number of hydrogen-bond acceptors (Lipinski definition) is 3. The summed E-state index contributed by atoms with van der Waals surface area (Å²) in [6, 6.07) is 5.89. The fraction of sp³-hybridized carbons (Fsp3) is 0.375. The molecule has 1 saturated carbocycles. The van der Waals surface area contributed by atoms with Crippen molar-refractivity contribution < 1.29 is 4.79 Å². The minimum Gasteiger partial charge on any atom is -0.337 e. The van der Waals surface area contributed by atoms with Crippen LogP contribution in [0, 0.1) is 0 Å². The molecule has 0 bridgehead atoms. The molecule has 1 amide bonds. The molecule has 2 aromatic heterocycles. The van der Waals surface area contributed by atoms with Gasteiger partial charge in [0.25, 0.3) is 5.91 Å². The minimum absolute atomic E-state index is 0.0499. The summed E-state index contributed by atoms with van der Waals surface area (Å²) in [5.74, 6) is 0.0499. The first-order valence-electron chi connectivity index (χ1n) is 7.39. The molecule has 2 aliphatic rings. The van der Waals surface area contributed by atoms with Gasteiger partial charge in [-0.3, -0.25) is 9.89 Å². The Kier molecular flexibility index (Phi) is 3.15. The summed E-state index contributed by atoms with van der Waals surface area (Å²) in [5.41, 5.74) is 4.69. The Morgan fingerprint density at radius 1 is 1.19 bits per heavy atom. The lowest BCUT2D eigenvalue weighted by Crippen LogP contribution is -2.36. The summed E-state index contributed by atoms with van der Waals surface area (Å²) in [4.78, 5) is 15.5. The number of aromatic nitrogens is 2. The maximum atomic E-state index is 12.5. The Morgan fingerprint density at radius 2 is 1.95 bits per heavy atom. The van der Waals surface area contributed by atoms with E-state index in [2.05, 4.69) is 10.2 Å². The lowest BCUT2D eigenvalue weighted by Gasteiger charge is -2.27. The minimum atomic E-state index is 0.0499. The van der Waals surface area contributed by atoms with E-state index in [1.807, 2.05) is 28.5 Å². The molecule has 2 aromatic rings. The Balaban J connectivity index is 1.47. The fourth-order valence-electron chi connectivity index (χ4n) is 2.90. The van der Waals surface area contributed by atoms with Crippen LogP contribution >= 0.6 is 11.3 Å². The number of likely N-dealkylation sites (tertiary alicyclic amines) is 1. The van der Waals surface area contributed by atoms with Gasteiger partial charge in [-0.05, 0) is 43.2 Å². The third-order valence-electron chi connectivity index (χ3n) is 4.24. The van der Waals surface area contributed by atoms with Crippen LogP contribution in [-0.4, -0.2) is 34.1 Å². The van der Waals surface area contributed by atoms with E-state index in [1.54, 1.807) is 22.5 Å². The molecule has 108 valence electrons. The van der Waals surface area contributed by atoms with E-state index >= 15 is 0 Å². The molecule has 1 saturated heterocycles. The van der Waals surface area contributed by atoms with Crippen LogP contribution in [0.25, 0.3) is 10.6 Å². The third kappa shape index (κ3) is 2.53. The van der Waals surface area contributed by atoms with Gasteiger partial charge in [0.05, 0.1) is 10.6 Å². The monoisotopic (exact) mass is 299 g/mol. The molecule has 4 nitrogen and oxygen atoms in total. The van der Waals surface area contributed by atoms with Crippen LogP contribution in [-0.2, 0) is 0 Å². The first-order chi connectivity index (χ1) is 10.3. The maximum absolute atomic E-state index is 12.5. The van der Waals surface area contributed by atoms with E-state index in [9.17, 15) is 4.79 Å². The molecule has 0 radical (unpaired) electrons. The van der Waals surface area contributed by atoms with Crippen molar-refractivity contribution in [3.8, 4) is 10.6 Å². The molecule has 0 atom stereocenters. The van der Waals surface area contributed by atoms with Crippen molar-refractivity contribution in [1.29, 1.82) is 0 Å². The van der Waals surface area contributed by atoms with Crippen molar-refractivity contribution in [3.63, 3.8) is 0 Å². The number of carbonyl (C=O) groups excluding carboxylic acids is 1. The molecule has 1 aliphatic heterocycles. The van der Waals surface area contributed by atoms with Crippen LogP contribution in [0.15, 0.2) is 34.7 Å². The SMILES string of the molecule is O=C(c1cc(-c2cccs2)[nH]n1)N1CCC(=C2CC2)CC1. The second-order valence-corrected chi connectivity index (χ2v) is 6.59. The zero-order chi connectivity index (χ0) is 14.2. The second-order valence-electron chi connectivity index (χ2n) is 5.64. The number of thiophene rings is 1. The Bertz CT molecular complexity index is 683. The lowest BCUT2D eigenvalue weighted by molar-refractivity contribution is 0.0737. The van der Waals surface area contributed by atoms with Crippen LogP contribution in [0.2, 0.25) is 0 Å². The van der Waals surface area contributed by atoms with Gasteiger partial charge in [-0.1, -0.05) is 17.2 Å². The number of amides is 1. The lowest BCUT2D eigenvalue weighted by atomic mass is 10.0. The van der Waals surface area contributed by atoms with Crippen LogP contribution in [0.3, 0.4) is 0 Å². The van der Waals surface area contributed by atoms with E-state index in [1.165, 1.54) is 12.8 Å². The number of allylic oxidation sites excluding steroid dienone is 1. The molecule has 3 heterocycles. The van der Waals surface area contributed by atoms with Crippen molar-refractivity contribution >= 4 is 17.2 Å². The number of hydrogen-bond donors (Lipinski definition) is 1. The molecular formula is C16H17N3OS. The summed E-state index contributed by atoms with van der Waals surface area (Å²) >= 11 is 1.64. The average molecular weight is 299 g/mol. The number of nitrogens with one attached hydrogen (secondary N) is 1. The third-order valence-corrected chi connectivity index (χ3v) is 5.14. The Hall–Kier alpha value is -1.88. The van der Waals surface area contributed by atoms with E-state index in [0.29, 0.717) is 5.69 Å². The predicted octanol–water partition coefficient (Wildman–Crippen LogP) is 3.46. The highest BCUT2D eigenvalue weighted by Crippen LogP contribution is 2.36. The number of H-pyrrole nitrogens is 1. The summed E-state index contributed by atoms with van der Waals surface area (Å²) < 4.78 is 0. The van der Waals surface area contributed by atoms with Crippen LogP contribution in [0.5, 0.6) is 0 Å². The highest BCUT2D eigenvalue weighted by molar-refractivity contribution is 7.13. The topological polar surface area (TPSA) is 49.0 Å². The van der Waals surface area contributed by atoms with E-state index in [0.717, 1.165) is 36.5 Å². The largest absolute Gasteiger partial charge is 0.337 e. The van der Waals surface area contributed by atoms with E-state index in [4.69, 9.17) is 0 Å². The highest BCUT2D eigenvalue weighted by atomic mass is 32.1. The Morgan fingerprint density at radius 3 is 2.62 bits per heavy atom. The van der Waals surface area contributed by atoms with Crippen LogP contribution < -0.4 is 0 Å². The van der Waals surface area contributed by atoms with Gasteiger partial charge in [0.15, 0.2) is 5.69 Å². The highest BCUT2D eigenvalue weighted by Gasteiger charge is 2.26. The van der Waals surface area contributed by atoms with Gasteiger partial charge in [-0.15, -0.1) is 11.3 Å². The van der Waals surface area contributed by atoms with Crippen LogP contribution in [0.4, 0.5) is 0 Å². The second kappa shape index (κ2) is 5.15. The van der Waals surface area contributed by atoms with E-state index in [-0.39, 0.29) is 5.91 Å². The fourth-order valence-corrected chi connectivity index (χ4v) is 3.59. The molecule has 0 aromatic carbocycles. The predicted molar refractivity (Wildman–Crippen MR) is 83.3 cm³/mol. The van der Waals surface area contributed by atoms with Gasteiger partial charge >= 0.3 is 0 Å². The van der Waals surface area contributed by atoms with Crippen molar-refractivity contribution in [2.24, 2.45) is 0 Å². The molecule has 5 heteroatoms. The van der Waals surface area contributed by atoms with Crippen molar-refractivity contribution in [2.75, 3.05) is 13.1 Å². The zero-order valence-corrected chi connectivity index (χ0v) is 12.6. The van der Waals surface area contributed by atoms with Gasteiger partial charge in [-0.25, -0.2) is 0 Å². The normalized spacial score (nSPS) is 18.2. The number of aromatic amines is 1. The number of piperidine rings is 1. The van der Waals surface area contributed by atoms with Crippen LogP contribution in [0.1, 0.15) is 36.2 Å². The van der Waals surface area contributed by atoms with Gasteiger partial charge in [0, 0.05) is 13.1 Å². The molecule has 1 N–H and O–H groups in total. The Labute approximate surface area is 127 Å². The molecule has 0 spiro atoms. The summed E-state index contributed by atoms with van der Waals surface area (Å²) in [7, 11) is 0. The van der Waals surface area contributed by atoms with Gasteiger partial charge in [0.2, 0.25) is 0 Å². The van der Waals surface area contributed by atoms with Gasteiger partial charge in [-0.2, -0.15) is 5.10 Å². The van der Waals surface area contributed by atoms with Crippen molar-refractivity contribution in [1.82, 2.24) is 15.1 Å². The molecule has 0 unspecified atom stereocenters. The number of carbonyl (C=O) groups is 1. The van der Waals surface area contributed by atoms with Crippen molar-refractivity contribution in [2.45, 2.75) is 25.7 Å². The first kappa shape index (κ1) is 12.8. The average Bonchev–Trinajstić information content (AvgIpc) is 3.03. The molecule has 1 aliphatic carbocycles. The maximum Gasteiger partial charge on any atom is 0.274 e. The van der Waals surface area contributed by atoms with Gasteiger partial charge < -0.3 is 4.90 Å². The standard InChI is InChI=1S/C16H17N3OS/c20-16(19-7-5-12(6-8-19)11-3-4-11)14-10-13(17-18-14)15-2-1-9-21-15/h1-2,9-10H,3-8H2,(H,17,18). The number of rotatable bonds is 2. The molecule has 4 rings (SSSR count). The van der Waals surface area contributed by atoms with Gasteiger partial charge in [0.1, 0.15) is 0 Å². The summed E-state index contributed by atoms with van der Waals surface area (Å²) in [5, 5.41) is 9.18. The zero-order valence-electron chi connectivity index (χ0n) is 11.8. The smallest absolute Gasteiger partial charge is 0.274 e. The summed E-state index contributed by atoms with van der Waals surface area (Å²) in [6.45, 7) is 1.66. The first-order valence-corrected chi connectivity index (χ1v) is 8.27. The number of nitrogens with zero attached hydrogens (tertiary/aromatic N) is 2.